The highest BCUT2D eigenvalue weighted by atomic mass is 19.1. The molecule has 2 aliphatic heterocycles. The van der Waals surface area contributed by atoms with Gasteiger partial charge in [-0.25, -0.2) is 4.39 Å². The third kappa shape index (κ3) is 3.00. The van der Waals surface area contributed by atoms with Gasteiger partial charge in [0.15, 0.2) is 0 Å². The van der Waals surface area contributed by atoms with Gasteiger partial charge in [0.1, 0.15) is 5.82 Å². The first kappa shape index (κ1) is 14.3. The van der Waals surface area contributed by atoms with Crippen LogP contribution in [0.25, 0.3) is 0 Å². The standard InChI is InChI=1S/C15H20FN3O2/c1-18-13-3-2-4-14(18)8-12(7-13)17-11-5-10(16)6-15(9-11)19(20)21/h5-6,9,12-14,17H,2-4,7-8H2,1H3. The second-order valence-corrected chi connectivity index (χ2v) is 6.17. The Morgan fingerprint density at radius 2 is 1.95 bits per heavy atom. The Balaban J connectivity index is 1.74. The highest BCUT2D eigenvalue weighted by molar-refractivity contribution is 5.52. The molecule has 2 saturated heterocycles. The van der Waals surface area contributed by atoms with E-state index in [1.54, 1.807) is 0 Å². The molecular formula is C15H20FN3O2. The Labute approximate surface area is 123 Å². The van der Waals surface area contributed by atoms with E-state index in [2.05, 4.69) is 17.3 Å². The fraction of sp³-hybridized carbons (Fsp3) is 0.600. The van der Waals surface area contributed by atoms with Gasteiger partial charge in [-0.3, -0.25) is 10.1 Å². The van der Waals surface area contributed by atoms with Crippen molar-refractivity contribution in [1.82, 2.24) is 4.90 Å². The van der Waals surface area contributed by atoms with Crippen molar-refractivity contribution in [3.8, 4) is 0 Å². The predicted molar refractivity (Wildman–Crippen MR) is 78.9 cm³/mol. The van der Waals surface area contributed by atoms with Gasteiger partial charge in [0, 0.05) is 29.9 Å². The smallest absolute Gasteiger partial charge is 0.274 e. The monoisotopic (exact) mass is 293 g/mol. The fourth-order valence-electron chi connectivity index (χ4n) is 3.73. The number of non-ortho nitro benzene ring substituents is 1. The topological polar surface area (TPSA) is 58.4 Å². The maximum atomic E-state index is 13.5. The number of nitrogens with zero attached hydrogens (tertiary/aromatic N) is 2. The molecule has 2 atom stereocenters. The van der Waals surface area contributed by atoms with Gasteiger partial charge in [-0.1, -0.05) is 6.42 Å². The minimum atomic E-state index is -0.570. The number of anilines is 1. The minimum Gasteiger partial charge on any atom is -0.382 e. The number of nitro groups is 1. The molecule has 6 heteroatoms. The second-order valence-electron chi connectivity index (χ2n) is 6.17. The van der Waals surface area contributed by atoms with Crippen LogP contribution in [0.1, 0.15) is 32.1 Å². The molecule has 0 radical (unpaired) electrons. The fourth-order valence-corrected chi connectivity index (χ4v) is 3.73. The molecule has 1 aromatic carbocycles. The number of fused-ring (bicyclic) bond motifs is 2. The van der Waals surface area contributed by atoms with Crippen LogP contribution in [0, 0.1) is 15.9 Å². The first-order valence-electron chi connectivity index (χ1n) is 7.46. The van der Waals surface area contributed by atoms with Crippen molar-refractivity contribution in [2.24, 2.45) is 0 Å². The van der Waals surface area contributed by atoms with Crippen LogP contribution in [-0.2, 0) is 0 Å². The summed E-state index contributed by atoms with van der Waals surface area (Å²) in [5.41, 5.74) is 0.306. The number of piperidine rings is 2. The molecule has 2 unspecified atom stereocenters. The molecule has 0 spiro atoms. The lowest BCUT2D eigenvalue weighted by atomic mass is 9.82. The summed E-state index contributed by atoms with van der Waals surface area (Å²) >= 11 is 0. The molecule has 2 bridgehead atoms. The van der Waals surface area contributed by atoms with Crippen LogP contribution in [0.5, 0.6) is 0 Å². The molecule has 0 aromatic heterocycles. The molecule has 21 heavy (non-hydrogen) atoms. The Morgan fingerprint density at radius 1 is 1.29 bits per heavy atom. The minimum absolute atomic E-state index is 0.203. The van der Waals surface area contributed by atoms with E-state index in [1.165, 1.54) is 31.4 Å². The van der Waals surface area contributed by atoms with E-state index >= 15 is 0 Å². The number of benzene rings is 1. The van der Waals surface area contributed by atoms with Crippen molar-refractivity contribution in [1.29, 1.82) is 0 Å². The first-order chi connectivity index (χ1) is 10.0. The Bertz CT molecular complexity index is 538. The second kappa shape index (κ2) is 5.60. The van der Waals surface area contributed by atoms with Crippen LogP contribution in [0.2, 0.25) is 0 Å². The lowest BCUT2D eigenvalue weighted by Gasteiger charge is -2.47. The summed E-state index contributed by atoms with van der Waals surface area (Å²) < 4.78 is 13.5. The Hall–Kier alpha value is -1.69. The summed E-state index contributed by atoms with van der Waals surface area (Å²) in [7, 11) is 2.18. The molecule has 3 rings (SSSR count). The number of hydrogen-bond donors (Lipinski definition) is 1. The SMILES string of the molecule is CN1C2CCCC1CC(Nc1cc(F)cc([N+](=O)[O-])c1)C2. The van der Waals surface area contributed by atoms with Crippen LogP contribution in [0.15, 0.2) is 18.2 Å². The van der Waals surface area contributed by atoms with Crippen molar-refractivity contribution in [3.05, 3.63) is 34.1 Å². The van der Waals surface area contributed by atoms with Crippen LogP contribution in [0.3, 0.4) is 0 Å². The van der Waals surface area contributed by atoms with E-state index in [0.717, 1.165) is 18.9 Å². The normalized spacial score (nSPS) is 29.1. The molecule has 1 aromatic rings. The van der Waals surface area contributed by atoms with E-state index in [9.17, 15) is 14.5 Å². The largest absolute Gasteiger partial charge is 0.382 e. The lowest BCUT2D eigenvalue weighted by molar-refractivity contribution is -0.385. The molecule has 2 fully saturated rings. The summed E-state index contributed by atoms with van der Waals surface area (Å²) in [6, 6.07) is 5.10. The molecule has 0 amide bonds. The number of halogens is 1. The summed E-state index contributed by atoms with van der Waals surface area (Å²) in [6.07, 6.45) is 5.70. The van der Waals surface area contributed by atoms with Gasteiger partial charge in [-0.15, -0.1) is 0 Å². The quantitative estimate of drug-likeness (QED) is 0.687. The molecule has 2 heterocycles. The zero-order valence-corrected chi connectivity index (χ0v) is 12.1. The zero-order chi connectivity index (χ0) is 15.0. The van der Waals surface area contributed by atoms with Crippen LogP contribution in [-0.4, -0.2) is 35.0 Å². The Morgan fingerprint density at radius 3 is 2.57 bits per heavy atom. The molecular weight excluding hydrogens is 273 g/mol. The number of hydrogen-bond acceptors (Lipinski definition) is 4. The van der Waals surface area contributed by atoms with E-state index < -0.39 is 10.7 Å². The highest BCUT2D eigenvalue weighted by Gasteiger charge is 2.35. The van der Waals surface area contributed by atoms with E-state index in [0.29, 0.717) is 17.8 Å². The lowest BCUT2D eigenvalue weighted by Crippen LogP contribution is -2.52. The van der Waals surface area contributed by atoms with Crippen LogP contribution >= 0.6 is 0 Å². The van der Waals surface area contributed by atoms with Crippen molar-refractivity contribution in [2.75, 3.05) is 12.4 Å². The average molecular weight is 293 g/mol. The molecule has 0 aliphatic carbocycles. The number of rotatable bonds is 3. The summed E-state index contributed by atoms with van der Waals surface area (Å²) in [4.78, 5) is 12.7. The first-order valence-corrected chi connectivity index (χ1v) is 7.46. The summed E-state index contributed by atoms with van der Waals surface area (Å²) in [5, 5.41) is 14.1. The van der Waals surface area contributed by atoms with Crippen molar-refractivity contribution in [2.45, 2.75) is 50.2 Å². The van der Waals surface area contributed by atoms with Crippen LogP contribution < -0.4 is 5.32 Å². The van der Waals surface area contributed by atoms with E-state index in [1.807, 2.05) is 0 Å². The van der Waals surface area contributed by atoms with E-state index in [-0.39, 0.29) is 11.7 Å². The average Bonchev–Trinajstić information content (AvgIpc) is 2.39. The maximum Gasteiger partial charge on any atom is 0.274 e. The molecule has 5 nitrogen and oxygen atoms in total. The van der Waals surface area contributed by atoms with Crippen molar-refractivity contribution < 1.29 is 9.31 Å². The highest BCUT2D eigenvalue weighted by Crippen LogP contribution is 2.34. The third-order valence-electron chi connectivity index (χ3n) is 4.80. The Kier molecular flexibility index (Phi) is 3.80. The molecule has 1 N–H and O–H groups in total. The summed E-state index contributed by atoms with van der Waals surface area (Å²) in [6.45, 7) is 0. The van der Waals surface area contributed by atoms with Gasteiger partial charge >= 0.3 is 0 Å². The van der Waals surface area contributed by atoms with Crippen molar-refractivity contribution in [3.63, 3.8) is 0 Å². The maximum absolute atomic E-state index is 13.5. The third-order valence-corrected chi connectivity index (χ3v) is 4.80. The summed E-state index contributed by atoms with van der Waals surface area (Å²) in [5.74, 6) is -0.570. The van der Waals surface area contributed by atoms with E-state index in [4.69, 9.17) is 0 Å². The van der Waals surface area contributed by atoms with Gasteiger partial charge in [0.25, 0.3) is 5.69 Å². The zero-order valence-electron chi connectivity index (χ0n) is 12.1. The van der Waals surface area contributed by atoms with Gasteiger partial charge in [-0.05, 0) is 38.8 Å². The molecule has 0 saturated carbocycles. The number of nitro benzene ring substituents is 1. The van der Waals surface area contributed by atoms with Crippen molar-refractivity contribution >= 4 is 11.4 Å². The number of nitrogens with one attached hydrogen (secondary N) is 1. The van der Waals surface area contributed by atoms with Gasteiger partial charge < -0.3 is 10.2 Å². The van der Waals surface area contributed by atoms with Gasteiger partial charge in [0.05, 0.1) is 11.0 Å². The van der Waals surface area contributed by atoms with Gasteiger partial charge in [0.2, 0.25) is 0 Å². The van der Waals surface area contributed by atoms with Crippen LogP contribution in [0.4, 0.5) is 15.8 Å². The molecule has 114 valence electrons. The van der Waals surface area contributed by atoms with Gasteiger partial charge in [-0.2, -0.15) is 0 Å². The predicted octanol–water partition coefficient (Wildman–Crippen LogP) is 3.16. The molecule has 2 aliphatic rings.